The zero-order valence-corrected chi connectivity index (χ0v) is 10.6. The van der Waals surface area contributed by atoms with Gasteiger partial charge in [0.15, 0.2) is 5.79 Å². The van der Waals surface area contributed by atoms with Gasteiger partial charge in [-0.2, -0.15) is 0 Å². The van der Waals surface area contributed by atoms with Gasteiger partial charge in [-0.05, 0) is 30.4 Å². The molecule has 1 aromatic rings. The summed E-state index contributed by atoms with van der Waals surface area (Å²) in [5.41, 5.74) is 4.07. The van der Waals surface area contributed by atoms with E-state index >= 15 is 0 Å². The van der Waals surface area contributed by atoms with E-state index in [9.17, 15) is 0 Å². The lowest BCUT2D eigenvalue weighted by atomic mass is 9.98. The minimum Gasteiger partial charge on any atom is -0.343 e. The largest absolute Gasteiger partial charge is 0.343 e. The van der Waals surface area contributed by atoms with Crippen LogP contribution in [0.2, 0.25) is 0 Å². The molecule has 92 valence electrons. The topological polar surface area (TPSA) is 18.5 Å². The minimum absolute atomic E-state index is 0.553. The van der Waals surface area contributed by atoms with Crippen LogP contribution in [-0.2, 0) is 28.1 Å². The molecule has 0 unspecified atom stereocenters. The Balaban J connectivity index is 1.96. The summed E-state index contributed by atoms with van der Waals surface area (Å²) in [6.07, 6.45) is 4.37. The van der Waals surface area contributed by atoms with Crippen molar-refractivity contribution < 1.29 is 9.47 Å². The van der Waals surface area contributed by atoms with E-state index in [-0.39, 0.29) is 0 Å². The van der Waals surface area contributed by atoms with Crippen LogP contribution in [-0.4, -0.2) is 19.1 Å². The van der Waals surface area contributed by atoms with Crippen LogP contribution < -0.4 is 0 Å². The summed E-state index contributed by atoms with van der Waals surface area (Å²) >= 11 is 5.88. The first kappa shape index (κ1) is 11.5. The molecule has 0 saturated carbocycles. The second-order valence-corrected chi connectivity index (χ2v) is 5.10. The van der Waals surface area contributed by atoms with Crippen molar-refractivity contribution in [3.8, 4) is 0 Å². The molecule has 0 radical (unpaired) electrons. The third kappa shape index (κ3) is 1.99. The molecule has 0 atom stereocenters. The van der Waals surface area contributed by atoms with Crippen LogP contribution in [0.3, 0.4) is 0 Å². The van der Waals surface area contributed by atoms with Gasteiger partial charge in [0.05, 0.1) is 13.2 Å². The van der Waals surface area contributed by atoms with Gasteiger partial charge < -0.3 is 9.47 Å². The summed E-state index contributed by atoms with van der Waals surface area (Å²) in [7, 11) is 0. The van der Waals surface area contributed by atoms with Crippen molar-refractivity contribution in [3.05, 3.63) is 34.9 Å². The third-order valence-electron chi connectivity index (χ3n) is 3.72. The van der Waals surface area contributed by atoms with Crippen molar-refractivity contribution in [1.82, 2.24) is 0 Å². The molecule has 1 fully saturated rings. The predicted octanol–water partition coefficient (Wildman–Crippen LogP) is 3.00. The van der Waals surface area contributed by atoms with Gasteiger partial charge in [0.2, 0.25) is 0 Å². The number of hydrogen-bond donors (Lipinski definition) is 0. The second-order valence-electron chi connectivity index (χ2n) is 4.73. The second kappa shape index (κ2) is 4.60. The maximum atomic E-state index is 5.88. The highest BCUT2D eigenvalue weighted by atomic mass is 35.5. The van der Waals surface area contributed by atoms with Crippen LogP contribution in [0.5, 0.6) is 0 Å². The maximum Gasteiger partial charge on any atom is 0.196 e. The molecule has 3 heteroatoms. The molecule has 0 N–H and O–H groups in total. The zero-order valence-electron chi connectivity index (χ0n) is 9.88. The Morgan fingerprint density at radius 1 is 1.12 bits per heavy atom. The van der Waals surface area contributed by atoms with E-state index in [4.69, 9.17) is 21.1 Å². The van der Waals surface area contributed by atoms with Crippen molar-refractivity contribution in [2.75, 3.05) is 19.1 Å². The van der Waals surface area contributed by atoms with Gasteiger partial charge in [-0.25, -0.2) is 0 Å². The number of halogens is 1. The fourth-order valence-corrected chi connectivity index (χ4v) is 3.09. The van der Waals surface area contributed by atoms with E-state index in [0.717, 1.165) is 5.56 Å². The number of hydrogen-bond acceptors (Lipinski definition) is 2. The van der Waals surface area contributed by atoms with E-state index in [1.165, 1.54) is 30.4 Å². The van der Waals surface area contributed by atoms with E-state index in [1.54, 1.807) is 0 Å². The van der Waals surface area contributed by atoms with Gasteiger partial charge in [-0.1, -0.05) is 18.2 Å². The number of ether oxygens (including phenoxy) is 2. The Bertz CT molecular complexity index is 411. The summed E-state index contributed by atoms with van der Waals surface area (Å²) in [6, 6.07) is 6.61. The highest BCUT2D eigenvalue weighted by Crippen LogP contribution is 2.37. The van der Waals surface area contributed by atoms with E-state index in [0.29, 0.717) is 25.5 Å². The predicted molar refractivity (Wildman–Crippen MR) is 67.4 cm³/mol. The summed E-state index contributed by atoms with van der Waals surface area (Å²) in [6.45, 7) is 1.32. The molecular weight excluding hydrogens is 236 g/mol. The number of rotatable bonds is 3. The van der Waals surface area contributed by atoms with Gasteiger partial charge in [-0.15, -0.1) is 11.6 Å². The average Bonchev–Trinajstić information content (AvgIpc) is 2.96. The van der Waals surface area contributed by atoms with Gasteiger partial charge in [0, 0.05) is 17.9 Å². The molecule has 0 aromatic heterocycles. The number of alkyl halides is 1. The molecule has 0 bridgehead atoms. The van der Waals surface area contributed by atoms with Crippen molar-refractivity contribution in [1.29, 1.82) is 0 Å². The Kier molecular flexibility index (Phi) is 3.12. The normalized spacial score (nSPS) is 21.7. The van der Waals surface area contributed by atoms with Gasteiger partial charge in [-0.3, -0.25) is 0 Å². The number of aryl methyl sites for hydroxylation is 2. The molecule has 2 aliphatic rings. The Morgan fingerprint density at radius 2 is 1.88 bits per heavy atom. The SMILES string of the molecule is ClCCC1(c2ccc3c(c2)CCC3)OCCO1. The monoisotopic (exact) mass is 252 g/mol. The molecule has 2 nitrogen and oxygen atoms in total. The Hall–Kier alpha value is -0.570. The van der Waals surface area contributed by atoms with E-state index in [2.05, 4.69) is 18.2 Å². The zero-order chi connectivity index (χ0) is 11.7. The molecule has 1 aliphatic carbocycles. The summed E-state index contributed by atoms with van der Waals surface area (Å²) in [5, 5.41) is 0. The van der Waals surface area contributed by atoms with E-state index in [1.807, 2.05) is 0 Å². The summed E-state index contributed by atoms with van der Waals surface area (Å²) in [4.78, 5) is 0. The van der Waals surface area contributed by atoms with Crippen LogP contribution in [0.15, 0.2) is 18.2 Å². The molecule has 17 heavy (non-hydrogen) atoms. The van der Waals surface area contributed by atoms with Crippen LogP contribution in [0.1, 0.15) is 29.5 Å². The lowest BCUT2D eigenvalue weighted by molar-refractivity contribution is -0.167. The maximum absolute atomic E-state index is 5.88. The first-order valence-electron chi connectivity index (χ1n) is 6.30. The minimum atomic E-state index is -0.584. The molecule has 1 aliphatic heterocycles. The highest BCUT2D eigenvalue weighted by molar-refractivity contribution is 6.17. The fourth-order valence-electron chi connectivity index (χ4n) is 2.84. The van der Waals surface area contributed by atoms with E-state index < -0.39 is 5.79 Å². The summed E-state index contributed by atoms with van der Waals surface area (Å²) in [5.74, 6) is -0.0313. The van der Waals surface area contributed by atoms with Crippen molar-refractivity contribution >= 4 is 11.6 Å². The van der Waals surface area contributed by atoms with Crippen LogP contribution in [0.4, 0.5) is 0 Å². The average molecular weight is 253 g/mol. The number of benzene rings is 1. The third-order valence-corrected chi connectivity index (χ3v) is 3.90. The van der Waals surface area contributed by atoms with Crippen LogP contribution >= 0.6 is 11.6 Å². The standard InChI is InChI=1S/C14H17ClO2/c15-7-6-14(16-8-9-17-14)13-5-4-11-2-1-3-12(11)10-13/h4-5,10H,1-3,6-9H2. The van der Waals surface area contributed by atoms with Crippen molar-refractivity contribution in [2.45, 2.75) is 31.5 Å². The van der Waals surface area contributed by atoms with Crippen molar-refractivity contribution in [3.63, 3.8) is 0 Å². The van der Waals surface area contributed by atoms with Crippen molar-refractivity contribution in [2.24, 2.45) is 0 Å². The lowest BCUT2D eigenvalue weighted by Crippen LogP contribution is -2.27. The van der Waals surface area contributed by atoms with Gasteiger partial charge >= 0.3 is 0 Å². The molecule has 1 heterocycles. The fraction of sp³-hybridized carbons (Fsp3) is 0.571. The summed E-state index contributed by atoms with van der Waals surface area (Å²) < 4.78 is 11.6. The van der Waals surface area contributed by atoms with Gasteiger partial charge in [0.25, 0.3) is 0 Å². The van der Waals surface area contributed by atoms with Crippen LogP contribution in [0, 0.1) is 0 Å². The number of fused-ring (bicyclic) bond motifs is 1. The smallest absolute Gasteiger partial charge is 0.196 e. The molecular formula is C14H17ClO2. The lowest BCUT2D eigenvalue weighted by Gasteiger charge is -2.27. The molecule has 1 aromatic carbocycles. The Morgan fingerprint density at radius 3 is 2.65 bits per heavy atom. The molecule has 0 amide bonds. The highest BCUT2D eigenvalue weighted by Gasteiger charge is 2.38. The molecule has 0 spiro atoms. The molecule has 3 rings (SSSR count). The first-order valence-corrected chi connectivity index (χ1v) is 6.84. The van der Waals surface area contributed by atoms with Crippen LogP contribution in [0.25, 0.3) is 0 Å². The quantitative estimate of drug-likeness (QED) is 0.770. The molecule has 1 saturated heterocycles. The van der Waals surface area contributed by atoms with Gasteiger partial charge in [0.1, 0.15) is 0 Å². The first-order chi connectivity index (χ1) is 8.34. The Labute approximate surface area is 107 Å².